The van der Waals surface area contributed by atoms with Gasteiger partial charge in [-0.15, -0.1) is 0 Å². The molecule has 0 bridgehead atoms. The third-order valence-electron chi connectivity index (χ3n) is 8.36. The number of hydrogen-bond donors (Lipinski definition) is 1. The maximum atomic E-state index is 11.9. The van der Waals surface area contributed by atoms with Gasteiger partial charge < -0.3 is 5.11 Å². The molecular formula is C23H32O2. The van der Waals surface area contributed by atoms with Crippen molar-refractivity contribution < 1.29 is 9.90 Å². The number of ketones is 1. The van der Waals surface area contributed by atoms with Crippen LogP contribution in [0.15, 0.2) is 36.5 Å². The number of allylic oxidation sites excluding steroid dienone is 3. The Morgan fingerprint density at radius 3 is 2.84 bits per heavy atom. The van der Waals surface area contributed by atoms with E-state index in [1.165, 1.54) is 12.0 Å². The Balaban J connectivity index is 1.67. The zero-order valence-electron chi connectivity index (χ0n) is 15.7. The first kappa shape index (κ1) is 17.3. The standard InChI is InChI=1S/C23H32O2/c1-4-5-10-23(25)12-9-20-21-15(2)13-16-14-17(24)6-7-18(16)19(21)8-11-22(20,23)3/h4-5,10,14-15,18-21,25H,1,6-9,11-13H2,2-3H3/t15?,18?,19?,20?,21?,22-,23-/m0/s1. The van der Waals surface area contributed by atoms with Gasteiger partial charge in [-0.05, 0) is 74.2 Å². The van der Waals surface area contributed by atoms with E-state index in [0.29, 0.717) is 35.4 Å². The van der Waals surface area contributed by atoms with Crippen LogP contribution in [0.2, 0.25) is 0 Å². The molecule has 4 rings (SSSR count). The minimum absolute atomic E-state index is 0.0202. The van der Waals surface area contributed by atoms with E-state index >= 15 is 0 Å². The molecule has 4 aliphatic rings. The van der Waals surface area contributed by atoms with Gasteiger partial charge in [0.25, 0.3) is 0 Å². The normalized spacial score (nSPS) is 49.3. The van der Waals surface area contributed by atoms with Crippen molar-refractivity contribution in [2.24, 2.45) is 35.0 Å². The lowest BCUT2D eigenvalue weighted by Gasteiger charge is -2.57. The van der Waals surface area contributed by atoms with Crippen molar-refractivity contribution >= 4 is 5.78 Å². The maximum absolute atomic E-state index is 11.9. The van der Waals surface area contributed by atoms with Gasteiger partial charge in [-0.2, -0.15) is 0 Å². The monoisotopic (exact) mass is 340 g/mol. The summed E-state index contributed by atoms with van der Waals surface area (Å²) in [6, 6.07) is 0. The molecule has 0 aromatic carbocycles. The molecular weight excluding hydrogens is 308 g/mol. The Labute approximate surface area is 152 Å². The van der Waals surface area contributed by atoms with Gasteiger partial charge in [0.2, 0.25) is 0 Å². The molecule has 25 heavy (non-hydrogen) atoms. The first-order chi connectivity index (χ1) is 11.9. The Hall–Kier alpha value is -1.15. The minimum Gasteiger partial charge on any atom is -0.385 e. The van der Waals surface area contributed by atoms with E-state index < -0.39 is 5.60 Å². The van der Waals surface area contributed by atoms with Crippen LogP contribution in [-0.4, -0.2) is 16.5 Å². The summed E-state index contributed by atoms with van der Waals surface area (Å²) in [5.41, 5.74) is 0.733. The van der Waals surface area contributed by atoms with E-state index in [0.717, 1.165) is 38.5 Å². The lowest BCUT2D eigenvalue weighted by atomic mass is 9.48. The van der Waals surface area contributed by atoms with Crippen molar-refractivity contribution in [1.82, 2.24) is 0 Å². The SMILES string of the molecule is C=CC=C[C@]1(O)CCC2C3C(C)CC4=CC(=O)CCC4C3CC[C@@]21C. The number of rotatable bonds is 2. The van der Waals surface area contributed by atoms with E-state index in [4.69, 9.17) is 0 Å². The summed E-state index contributed by atoms with van der Waals surface area (Å²) in [7, 11) is 0. The van der Waals surface area contributed by atoms with Gasteiger partial charge in [0.15, 0.2) is 5.78 Å². The van der Waals surface area contributed by atoms with Gasteiger partial charge in [-0.3, -0.25) is 4.79 Å². The second kappa shape index (κ2) is 5.94. The second-order valence-corrected chi connectivity index (χ2v) is 9.37. The van der Waals surface area contributed by atoms with Crippen molar-refractivity contribution in [3.8, 4) is 0 Å². The summed E-state index contributed by atoms with van der Waals surface area (Å²) in [6.07, 6.45) is 14.9. The van der Waals surface area contributed by atoms with E-state index in [9.17, 15) is 9.90 Å². The lowest BCUT2D eigenvalue weighted by molar-refractivity contribution is -0.118. The molecule has 0 radical (unpaired) electrons. The van der Waals surface area contributed by atoms with Crippen molar-refractivity contribution in [2.45, 2.75) is 64.4 Å². The fourth-order valence-corrected chi connectivity index (χ4v) is 7.14. The number of aliphatic hydroxyl groups is 1. The second-order valence-electron chi connectivity index (χ2n) is 9.37. The van der Waals surface area contributed by atoms with Crippen LogP contribution in [0, 0.1) is 35.0 Å². The summed E-state index contributed by atoms with van der Waals surface area (Å²) in [5, 5.41) is 11.4. The molecule has 1 N–H and O–H groups in total. The van der Waals surface area contributed by atoms with Crippen molar-refractivity contribution in [3.05, 3.63) is 36.5 Å². The van der Waals surface area contributed by atoms with Gasteiger partial charge in [0, 0.05) is 11.8 Å². The highest BCUT2D eigenvalue weighted by atomic mass is 16.3. The molecule has 0 spiro atoms. The zero-order valence-corrected chi connectivity index (χ0v) is 15.7. The Morgan fingerprint density at radius 2 is 2.08 bits per heavy atom. The van der Waals surface area contributed by atoms with Crippen LogP contribution in [0.25, 0.3) is 0 Å². The van der Waals surface area contributed by atoms with Crippen LogP contribution >= 0.6 is 0 Å². The maximum Gasteiger partial charge on any atom is 0.155 e. The van der Waals surface area contributed by atoms with Crippen LogP contribution in [0.4, 0.5) is 0 Å². The molecule has 4 aliphatic carbocycles. The highest BCUT2D eigenvalue weighted by molar-refractivity contribution is 5.91. The van der Waals surface area contributed by atoms with Crippen LogP contribution in [-0.2, 0) is 4.79 Å². The molecule has 0 aliphatic heterocycles. The first-order valence-corrected chi connectivity index (χ1v) is 10.2. The van der Waals surface area contributed by atoms with Gasteiger partial charge in [-0.1, -0.05) is 44.2 Å². The predicted octanol–water partition coefficient (Wildman–Crippen LogP) is 4.85. The number of fused-ring (bicyclic) bond motifs is 5. The van der Waals surface area contributed by atoms with E-state index in [1.54, 1.807) is 6.08 Å². The van der Waals surface area contributed by atoms with Crippen LogP contribution in [0.5, 0.6) is 0 Å². The lowest BCUT2D eigenvalue weighted by Crippen LogP contribution is -2.53. The fourth-order valence-electron chi connectivity index (χ4n) is 7.14. The average Bonchev–Trinajstić information content (AvgIpc) is 2.84. The van der Waals surface area contributed by atoms with Gasteiger partial charge in [0.1, 0.15) is 0 Å². The van der Waals surface area contributed by atoms with Crippen LogP contribution in [0.3, 0.4) is 0 Å². The molecule has 2 heteroatoms. The van der Waals surface area contributed by atoms with Crippen LogP contribution in [0.1, 0.15) is 58.8 Å². The molecule has 7 atom stereocenters. The van der Waals surface area contributed by atoms with E-state index in [-0.39, 0.29) is 5.41 Å². The predicted molar refractivity (Wildman–Crippen MR) is 101 cm³/mol. The van der Waals surface area contributed by atoms with Crippen LogP contribution < -0.4 is 0 Å². The van der Waals surface area contributed by atoms with Crippen molar-refractivity contribution in [2.75, 3.05) is 0 Å². The average molecular weight is 341 g/mol. The fraction of sp³-hybridized carbons (Fsp3) is 0.696. The molecule has 5 unspecified atom stereocenters. The zero-order chi connectivity index (χ0) is 17.8. The highest BCUT2D eigenvalue weighted by Crippen LogP contribution is 2.66. The molecule has 0 aromatic heterocycles. The summed E-state index contributed by atoms with van der Waals surface area (Å²) in [6.45, 7) is 8.49. The van der Waals surface area contributed by atoms with Gasteiger partial charge in [-0.25, -0.2) is 0 Å². The number of carbonyl (C=O) groups excluding carboxylic acids is 1. The summed E-state index contributed by atoms with van der Waals surface area (Å²) >= 11 is 0. The number of carbonyl (C=O) groups is 1. The van der Waals surface area contributed by atoms with E-state index in [1.807, 2.05) is 18.2 Å². The van der Waals surface area contributed by atoms with Gasteiger partial charge >= 0.3 is 0 Å². The molecule has 2 nitrogen and oxygen atoms in total. The molecule has 0 heterocycles. The molecule has 136 valence electrons. The largest absolute Gasteiger partial charge is 0.385 e. The Morgan fingerprint density at radius 1 is 1.28 bits per heavy atom. The smallest absolute Gasteiger partial charge is 0.155 e. The van der Waals surface area contributed by atoms with E-state index in [2.05, 4.69) is 20.4 Å². The molecule has 0 aromatic rings. The topological polar surface area (TPSA) is 37.3 Å². The third kappa shape index (κ3) is 2.44. The Kier molecular flexibility index (Phi) is 4.11. The van der Waals surface area contributed by atoms with Crippen molar-refractivity contribution in [1.29, 1.82) is 0 Å². The molecule has 0 saturated heterocycles. The Bertz CT molecular complexity index is 644. The molecule has 3 fully saturated rings. The van der Waals surface area contributed by atoms with Gasteiger partial charge in [0.05, 0.1) is 5.60 Å². The number of hydrogen-bond acceptors (Lipinski definition) is 2. The minimum atomic E-state index is -0.685. The first-order valence-electron chi connectivity index (χ1n) is 10.2. The van der Waals surface area contributed by atoms with Crippen molar-refractivity contribution in [3.63, 3.8) is 0 Å². The molecule has 0 amide bonds. The third-order valence-corrected chi connectivity index (χ3v) is 8.36. The quantitative estimate of drug-likeness (QED) is 0.730. The highest BCUT2D eigenvalue weighted by Gasteiger charge is 2.62. The summed E-state index contributed by atoms with van der Waals surface area (Å²) < 4.78 is 0. The summed E-state index contributed by atoms with van der Waals surface area (Å²) in [4.78, 5) is 11.9. The molecule has 3 saturated carbocycles. The summed E-state index contributed by atoms with van der Waals surface area (Å²) in [5.74, 6) is 3.59.